The van der Waals surface area contributed by atoms with E-state index >= 15 is 0 Å². The quantitative estimate of drug-likeness (QED) is 0.754. The standard InChI is InChI=1S/C13H20N2O2/c1-16-13(17-2)11-8-9-14-12(15-11)10-6-4-3-5-7-10/h8-10,13H,3-7H2,1-2H3. The zero-order valence-corrected chi connectivity index (χ0v) is 10.6. The fourth-order valence-electron chi connectivity index (χ4n) is 2.41. The molecule has 1 aliphatic carbocycles. The van der Waals surface area contributed by atoms with Gasteiger partial charge in [0.2, 0.25) is 6.29 Å². The summed E-state index contributed by atoms with van der Waals surface area (Å²) in [7, 11) is 3.24. The van der Waals surface area contributed by atoms with Gasteiger partial charge in [0.1, 0.15) is 5.82 Å². The Balaban J connectivity index is 2.15. The molecule has 4 nitrogen and oxygen atoms in total. The summed E-state index contributed by atoms with van der Waals surface area (Å²) in [6.45, 7) is 0. The molecule has 0 amide bonds. The summed E-state index contributed by atoms with van der Waals surface area (Å²) in [5.74, 6) is 1.46. The number of hydrogen-bond acceptors (Lipinski definition) is 4. The molecular formula is C13H20N2O2. The molecule has 0 aromatic carbocycles. The lowest BCUT2D eigenvalue weighted by molar-refractivity contribution is -0.108. The molecule has 0 N–H and O–H groups in total. The lowest BCUT2D eigenvalue weighted by Crippen LogP contribution is -2.12. The van der Waals surface area contributed by atoms with Crippen molar-refractivity contribution in [2.24, 2.45) is 0 Å². The van der Waals surface area contributed by atoms with E-state index in [2.05, 4.69) is 9.97 Å². The number of methoxy groups -OCH3 is 2. The van der Waals surface area contributed by atoms with Crippen LogP contribution < -0.4 is 0 Å². The van der Waals surface area contributed by atoms with Gasteiger partial charge in [-0.15, -0.1) is 0 Å². The Morgan fingerprint density at radius 1 is 1.18 bits per heavy atom. The SMILES string of the molecule is COC(OC)c1ccnc(C2CCCCC2)n1. The zero-order chi connectivity index (χ0) is 12.1. The van der Waals surface area contributed by atoms with E-state index < -0.39 is 0 Å². The van der Waals surface area contributed by atoms with Crippen molar-refractivity contribution in [1.29, 1.82) is 0 Å². The van der Waals surface area contributed by atoms with Crippen molar-refractivity contribution in [2.45, 2.75) is 44.3 Å². The highest BCUT2D eigenvalue weighted by molar-refractivity contribution is 5.07. The maximum absolute atomic E-state index is 5.22. The van der Waals surface area contributed by atoms with Crippen LogP contribution in [-0.2, 0) is 9.47 Å². The van der Waals surface area contributed by atoms with Crippen LogP contribution in [-0.4, -0.2) is 24.2 Å². The third-order valence-corrected chi connectivity index (χ3v) is 3.34. The smallest absolute Gasteiger partial charge is 0.200 e. The fraction of sp³-hybridized carbons (Fsp3) is 0.692. The van der Waals surface area contributed by atoms with Crippen LogP contribution in [0.15, 0.2) is 12.3 Å². The molecule has 0 unspecified atom stereocenters. The van der Waals surface area contributed by atoms with Crippen molar-refractivity contribution in [3.05, 3.63) is 23.8 Å². The molecule has 17 heavy (non-hydrogen) atoms. The molecule has 0 aliphatic heterocycles. The van der Waals surface area contributed by atoms with E-state index in [9.17, 15) is 0 Å². The Labute approximate surface area is 102 Å². The lowest BCUT2D eigenvalue weighted by Gasteiger charge is -2.21. The van der Waals surface area contributed by atoms with Crippen molar-refractivity contribution in [2.75, 3.05) is 14.2 Å². The predicted molar refractivity (Wildman–Crippen MR) is 64.6 cm³/mol. The second-order valence-corrected chi connectivity index (χ2v) is 4.48. The Kier molecular flexibility index (Phi) is 4.45. The average molecular weight is 236 g/mol. The second kappa shape index (κ2) is 6.07. The van der Waals surface area contributed by atoms with Crippen molar-refractivity contribution in [3.63, 3.8) is 0 Å². The molecule has 0 bridgehead atoms. The van der Waals surface area contributed by atoms with Gasteiger partial charge < -0.3 is 9.47 Å². The number of hydrogen-bond donors (Lipinski definition) is 0. The third-order valence-electron chi connectivity index (χ3n) is 3.34. The van der Waals surface area contributed by atoms with Crippen LogP contribution in [0.3, 0.4) is 0 Å². The van der Waals surface area contributed by atoms with Gasteiger partial charge in [-0.2, -0.15) is 0 Å². The Morgan fingerprint density at radius 2 is 1.88 bits per heavy atom. The Hall–Kier alpha value is -1.00. The first kappa shape index (κ1) is 12.5. The van der Waals surface area contributed by atoms with Crippen molar-refractivity contribution in [1.82, 2.24) is 9.97 Å². The summed E-state index contributed by atoms with van der Waals surface area (Å²) in [6.07, 6.45) is 7.74. The molecule has 0 spiro atoms. The molecule has 1 heterocycles. The van der Waals surface area contributed by atoms with Crippen LogP contribution in [0.2, 0.25) is 0 Å². The van der Waals surface area contributed by atoms with Gasteiger partial charge in [0, 0.05) is 26.3 Å². The first-order valence-electron chi connectivity index (χ1n) is 6.23. The van der Waals surface area contributed by atoms with E-state index in [1.807, 2.05) is 6.07 Å². The van der Waals surface area contributed by atoms with Gasteiger partial charge in [-0.25, -0.2) is 9.97 Å². The summed E-state index contributed by atoms with van der Waals surface area (Å²) in [6, 6.07) is 1.85. The van der Waals surface area contributed by atoms with E-state index in [1.165, 1.54) is 32.1 Å². The third kappa shape index (κ3) is 3.01. The van der Waals surface area contributed by atoms with Gasteiger partial charge in [0.15, 0.2) is 0 Å². The van der Waals surface area contributed by atoms with Gasteiger partial charge >= 0.3 is 0 Å². The van der Waals surface area contributed by atoms with Crippen molar-refractivity contribution in [3.8, 4) is 0 Å². The van der Waals surface area contributed by atoms with Crippen LogP contribution in [0.25, 0.3) is 0 Å². The summed E-state index contributed by atoms with van der Waals surface area (Å²) in [5, 5.41) is 0. The van der Waals surface area contributed by atoms with Crippen molar-refractivity contribution >= 4 is 0 Å². The monoisotopic (exact) mass is 236 g/mol. The highest BCUT2D eigenvalue weighted by Gasteiger charge is 2.20. The zero-order valence-electron chi connectivity index (χ0n) is 10.6. The largest absolute Gasteiger partial charge is 0.350 e. The van der Waals surface area contributed by atoms with Crippen LogP contribution in [0.5, 0.6) is 0 Å². The maximum Gasteiger partial charge on any atom is 0.200 e. The van der Waals surface area contributed by atoms with Crippen LogP contribution in [0.1, 0.15) is 55.8 Å². The van der Waals surface area contributed by atoms with Crippen LogP contribution in [0, 0.1) is 0 Å². The summed E-state index contributed by atoms with van der Waals surface area (Å²) in [4.78, 5) is 8.97. The van der Waals surface area contributed by atoms with Crippen LogP contribution >= 0.6 is 0 Å². The normalized spacial score (nSPS) is 17.6. The minimum atomic E-state index is -0.389. The van der Waals surface area contributed by atoms with E-state index in [1.54, 1.807) is 20.4 Å². The first-order chi connectivity index (χ1) is 8.35. The van der Waals surface area contributed by atoms with E-state index in [0.29, 0.717) is 5.92 Å². The van der Waals surface area contributed by atoms with E-state index in [4.69, 9.17) is 9.47 Å². The molecule has 0 atom stereocenters. The fourth-order valence-corrected chi connectivity index (χ4v) is 2.41. The molecule has 1 aliphatic rings. The molecule has 1 saturated carbocycles. The molecule has 1 fully saturated rings. The van der Waals surface area contributed by atoms with Gasteiger partial charge in [-0.05, 0) is 18.9 Å². The molecule has 1 aromatic rings. The van der Waals surface area contributed by atoms with Crippen LogP contribution in [0.4, 0.5) is 0 Å². The highest BCUT2D eigenvalue weighted by atomic mass is 16.7. The summed E-state index contributed by atoms with van der Waals surface area (Å²) >= 11 is 0. The molecular weight excluding hydrogens is 216 g/mol. The molecule has 94 valence electrons. The second-order valence-electron chi connectivity index (χ2n) is 4.48. The predicted octanol–water partition coefficient (Wildman–Crippen LogP) is 2.82. The Morgan fingerprint density at radius 3 is 2.53 bits per heavy atom. The first-order valence-corrected chi connectivity index (χ1v) is 6.23. The van der Waals surface area contributed by atoms with E-state index in [0.717, 1.165) is 11.5 Å². The minimum Gasteiger partial charge on any atom is -0.350 e. The lowest BCUT2D eigenvalue weighted by atomic mass is 9.88. The molecule has 0 saturated heterocycles. The number of nitrogens with zero attached hydrogens (tertiary/aromatic N) is 2. The highest BCUT2D eigenvalue weighted by Crippen LogP contribution is 2.31. The molecule has 2 rings (SSSR count). The summed E-state index contributed by atoms with van der Waals surface area (Å²) < 4.78 is 10.4. The minimum absolute atomic E-state index is 0.389. The average Bonchev–Trinajstić information content (AvgIpc) is 2.42. The molecule has 4 heteroatoms. The van der Waals surface area contributed by atoms with Gasteiger partial charge in [-0.3, -0.25) is 0 Å². The number of rotatable bonds is 4. The molecule has 1 aromatic heterocycles. The Bertz CT molecular complexity index is 347. The van der Waals surface area contributed by atoms with E-state index in [-0.39, 0.29) is 6.29 Å². The number of aromatic nitrogens is 2. The van der Waals surface area contributed by atoms with Gasteiger partial charge in [-0.1, -0.05) is 19.3 Å². The van der Waals surface area contributed by atoms with Gasteiger partial charge in [0.05, 0.1) is 5.69 Å². The maximum atomic E-state index is 5.22. The number of ether oxygens (including phenoxy) is 2. The molecule has 0 radical (unpaired) electrons. The van der Waals surface area contributed by atoms with Crippen molar-refractivity contribution < 1.29 is 9.47 Å². The summed E-state index contributed by atoms with van der Waals surface area (Å²) in [5.41, 5.74) is 0.811. The van der Waals surface area contributed by atoms with Gasteiger partial charge in [0.25, 0.3) is 0 Å². The topological polar surface area (TPSA) is 44.2 Å².